The summed E-state index contributed by atoms with van der Waals surface area (Å²) in [7, 11) is 0. The fraction of sp³-hybridized carbons (Fsp3) is 0.708. The standard InChI is InChI=1S/C24H32O2/c1-23-13-11-17(25)15-16(23)7-8-19-20-9-10-22(26-18-5-3-4-6-18)24(20,2)14-12-21(19)23/h5,11,13,15,19-22H,3-4,6-10,12,14H2,1-2H3/t19?,20?,21?,22?,23-,24-/m0/s1. The first-order valence-electron chi connectivity index (χ1n) is 10.8. The lowest BCUT2D eigenvalue weighted by atomic mass is 9.48. The monoisotopic (exact) mass is 352 g/mol. The average molecular weight is 353 g/mol. The van der Waals surface area contributed by atoms with Gasteiger partial charge in [0.05, 0.1) is 5.76 Å². The topological polar surface area (TPSA) is 26.3 Å². The molecule has 26 heavy (non-hydrogen) atoms. The van der Waals surface area contributed by atoms with Crippen LogP contribution in [0.2, 0.25) is 0 Å². The molecule has 0 amide bonds. The quantitative estimate of drug-likeness (QED) is 0.633. The first-order valence-corrected chi connectivity index (χ1v) is 10.8. The number of hydrogen-bond acceptors (Lipinski definition) is 2. The van der Waals surface area contributed by atoms with Gasteiger partial charge in [0.25, 0.3) is 0 Å². The lowest BCUT2D eigenvalue weighted by Gasteiger charge is -2.56. The van der Waals surface area contributed by atoms with Crippen molar-refractivity contribution >= 4 is 5.78 Å². The lowest BCUT2D eigenvalue weighted by Crippen LogP contribution is -2.50. The summed E-state index contributed by atoms with van der Waals surface area (Å²) < 4.78 is 6.56. The minimum atomic E-state index is 0.116. The molecule has 5 rings (SSSR count). The van der Waals surface area contributed by atoms with Crippen molar-refractivity contribution in [3.05, 3.63) is 35.6 Å². The molecule has 2 nitrogen and oxygen atoms in total. The van der Waals surface area contributed by atoms with Gasteiger partial charge in [0, 0.05) is 17.3 Å². The number of carbonyl (C=O) groups excluding carboxylic acids is 1. The highest BCUT2D eigenvalue weighted by Gasteiger charge is 2.59. The zero-order valence-electron chi connectivity index (χ0n) is 16.3. The molecule has 0 radical (unpaired) electrons. The Hall–Kier alpha value is -1.31. The molecule has 0 aromatic carbocycles. The maximum absolute atomic E-state index is 11.9. The molecule has 4 unspecified atom stereocenters. The first-order chi connectivity index (χ1) is 12.5. The minimum Gasteiger partial charge on any atom is -0.495 e. The van der Waals surface area contributed by atoms with Gasteiger partial charge in [0.1, 0.15) is 6.10 Å². The van der Waals surface area contributed by atoms with Gasteiger partial charge in [0.15, 0.2) is 5.78 Å². The number of ether oxygens (including phenoxy) is 1. The normalized spacial score (nSPS) is 46.9. The molecule has 140 valence electrons. The first kappa shape index (κ1) is 16.8. The second-order valence-corrected chi connectivity index (χ2v) is 9.89. The minimum absolute atomic E-state index is 0.116. The summed E-state index contributed by atoms with van der Waals surface area (Å²) in [6, 6.07) is 0. The number of allylic oxidation sites excluding steroid dienone is 6. The molecule has 0 aromatic rings. The van der Waals surface area contributed by atoms with Crippen LogP contribution in [-0.2, 0) is 9.53 Å². The van der Waals surface area contributed by atoms with E-state index < -0.39 is 0 Å². The Morgan fingerprint density at radius 1 is 1.08 bits per heavy atom. The van der Waals surface area contributed by atoms with Crippen molar-refractivity contribution in [1.82, 2.24) is 0 Å². The summed E-state index contributed by atoms with van der Waals surface area (Å²) in [5, 5.41) is 0. The van der Waals surface area contributed by atoms with Crippen molar-refractivity contribution < 1.29 is 9.53 Å². The van der Waals surface area contributed by atoms with Crippen molar-refractivity contribution in [2.45, 2.75) is 77.7 Å². The van der Waals surface area contributed by atoms with Gasteiger partial charge in [-0.15, -0.1) is 0 Å². The average Bonchev–Trinajstić information content (AvgIpc) is 3.24. The highest BCUT2D eigenvalue weighted by molar-refractivity contribution is 6.01. The van der Waals surface area contributed by atoms with Crippen LogP contribution in [0.1, 0.15) is 71.6 Å². The molecule has 6 atom stereocenters. The molecule has 5 aliphatic rings. The van der Waals surface area contributed by atoms with E-state index in [-0.39, 0.29) is 11.2 Å². The van der Waals surface area contributed by atoms with Gasteiger partial charge in [-0.25, -0.2) is 0 Å². The summed E-state index contributed by atoms with van der Waals surface area (Å²) in [6.07, 6.45) is 19.9. The summed E-state index contributed by atoms with van der Waals surface area (Å²) in [6.45, 7) is 4.92. The molecule has 0 aromatic heterocycles. The molecule has 5 aliphatic carbocycles. The van der Waals surface area contributed by atoms with Crippen molar-refractivity contribution in [1.29, 1.82) is 0 Å². The smallest absolute Gasteiger partial charge is 0.178 e. The molecule has 0 N–H and O–H groups in total. The van der Waals surface area contributed by atoms with Crippen LogP contribution in [-0.4, -0.2) is 11.9 Å². The van der Waals surface area contributed by atoms with E-state index in [0.717, 1.165) is 24.7 Å². The van der Waals surface area contributed by atoms with Crippen LogP contribution in [0.5, 0.6) is 0 Å². The van der Waals surface area contributed by atoms with Crippen LogP contribution in [0.3, 0.4) is 0 Å². The lowest BCUT2D eigenvalue weighted by molar-refractivity contribution is -0.111. The Bertz CT molecular complexity index is 714. The third kappa shape index (κ3) is 2.33. The molecule has 3 saturated carbocycles. The molecular weight excluding hydrogens is 320 g/mol. The fourth-order valence-corrected chi connectivity index (χ4v) is 7.27. The summed E-state index contributed by atoms with van der Waals surface area (Å²) >= 11 is 0. The van der Waals surface area contributed by atoms with E-state index in [4.69, 9.17) is 4.74 Å². The van der Waals surface area contributed by atoms with Gasteiger partial charge < -0.3 is 4.74 Å². The Morgan fingerprint density at radius 3 is 2.77 bits per heavy atom. The van der Waals surface area contributed by atoms with Crippen LogP contribution < -0.4 is 0 Å². The van der Waals surface area contributed by atoms with E-state index >= 15 is 0 Å². The van der Waals surface area contributed by atoms with Crippen LogP contribution in [0.4, 0.5) is 0 Å². The molecule has 0 spiro atoms. The largest absolute Gasteiger partial charge is 0.495 e. The maximum atomic E-state index is 11.9. The van der Waals surface area contributed by atoms with Gasteiger partial charge >= 0.3 is 0 Å². The van der Waals surface area contributed by atoms with E-state index in [2.05, 4.69) is 26.0 Å². The van der Waals surface area contributed by atoms with Crippen LogP contribution >= 0.6 is 0 Å². The Kier molecular flexibility index (Phi) is 3.78. The number of fused-ring (bicyclic) bond motifs is 5. The Labute approximate surface area is 157 Å². The summed E-state index contributed by atoms with van der Waals surface area (Å²) in [5.41, 5.74) is 1.86. The zero-order valence-corrected chi connectivity index (χ0v) is 16.3. The van der Waals surface area contributed by atoms with Crippen molar-refractivity contribution in [2.75, 3.05) is 0 Å². The molecule has 2 heteroatoms. The van der Waals surface area contributed by atoms with E-state index in [1.54, 1.807) is 0 Å². The third-order valence-corrected chi connectivity index (χ3v) is 8.76. The Balaban J connectivity index is 1.40. The van der Waals surface area contributed by atoms with E-state index in [9.17, 15) is 4.79 Å². The highest BCUT2D eigenvalue weighted by Crippen LogP contribution is 2.65. The summed E-state index contributed by atoms with van der Waals surface area (Å²) in [4.78, 5) is 11.9. The number of ketones is 1. The SMILES string of the molecule is C[C@]12CCC3C(CCC4=CC(=O)C=C[C@@]43C)C1CCC2OC1=CCCC1. The van der Waals surface area contributed by atoms with E-state index in [0.29, 0.717) is 17.4 Å². The number of hydrogen-bond donors (Lipinski definition) is 0. The predicted octanol–water partition coefficient (Wildman–Crippen LogP) is 5.75. The van der Waals surface area contributed by atoms with Crippen molar-refractivity contribution in [2.24, 2.45) is 28.6 Å². The molecular formula is C24H32O2. The second-order valence-electron chi connectivity index (χ2n) is 9.89. The van der Waals surface area contributed by atoms with Gasteiger partial charge in [-0.05, 0) is 87.3 Å². The predicted molar refractivity (Wildman–Crippen MR) is 103 cm³/mol. The van der Waals surface area contributed by atoms with Crippen LogP contribution in [0.15, 0.2) is 35.6 Å². The van der Waals surface area contributed by atoms with Gasteiger partial charge in [-0.2, -0.15) is 0 Å². The number of rotatable bonds is 2. The zero-order chi connectivity index (χ0) is 17.9. The maximum Gasteiger partial charge on any atom is 0.178 e. The molecule has 0 saturated heterocycles. The van der Waals surface area contributed by atoms with Crippen molar-refractivity contribution in [3.63, 3.8) is 0 Å². The van der Waals surface area contributed by atoms with Crippen LogP contribution in [0.25, 0.3) is 0 Å². The Morgan fingerprint density at radius 2 is 1.96 bits per heavy atom. The fourth-order valence-electron chi connectivity index (χ4n) is 7.27. The molecule has 0 heterocycles. The van der Waals surface area contributed by atoms with Crippen LogP contribution in [0, 0.1) is 28.6 Å². The van der Waals surface area contributed by atoms with E-state index in [1.807, 2.05) is 12.2 Å². The molecule has 0 bridgehead atoms. The van der Waals surface area contributed by atoms with Gasteiger partial charge in [-0.1, -0.05) is 25.5 Å². The van der Waals surface area contributed by atoms with E-state index in [1.165, 1.54) is 56.3 Å². The highest BCUT2D eigenvalue weighted by atomic mass is 16.5. The third-order valence-electron chi connectivity index (χ3n) is 8.76. The van der Waals surface area contributed by atoms with Gasteiger partial charge in [-0.3, -0.25) is 4.79 Å². The number of carbonyl (C=O) groups is 1. The van der Waals surface area contributed by atoms with Gasteiger partial charge in [0.2, 0.25) is 0 Å². The molecule has 3 fully saturated rings. The van der Waals surface area contributed by atoms with Crippen molar-refractivity contribution in [3.8, 4) is 0 Å². The second kappa shape index (κ2) is 5.84. The molecule has 0 aliphatic heterocycles. The summed E-state index contributed by atoms with van der Waals surface area (Å²) in [5.74, 6) is 3.75.